The van der Waals surface area contributed by atoms with E-state index in [9.17, 15) is 9.59 Å². The fraction of sp³-hybridized carbons (Fsp3) is 0.312. The molecule has 0 spiro atoms. The predicted octanol–water partition coefficient (Wildman–Crippen LogP) is 2.16. The lowest BCUT2D eigenvalue weighted by molar-refractivity contribution is 0.0850. The van der Waals surface area contributed by atoms with E-state index in [0.29, 0.717) is 6.54 Å². The van der Waals surface area contributed by atoms with Crippen LogP contribution in [-0.4, -0.2) is 39.3 Å². The van der Waals surface area contributed by atoms with Gasteiger partial charge < -0.3 is 4.74 Å². The summed E-state index contributed by atoms with van der Waals surface area (Å²) in [7, 11) is 0. The number of rotatable bonds is 3. The molecule has 3 rings (SSSR count). The lowest BCUT2D eigenvalue weighted by atomic mass is 10.2. The van der Waals surface area contributed by atoms with Gasteiger partial charge in [-0.05, 0) is 25.5 Å². The third-order valence-electron chi connectivity index (χ3n) is 3.56. The first-order valence-corrected chi connectivity index (χ1v) is 7.11. The molecular formula is C16H17N3O3. The first-order chi connectivity index (χ1) is 10.6. The third kappa shape index (κ3) is 2.86. The van der Waals surface area contributed by atoms with Gasteiger partial charge in [0.1, 0.15) is 12.6 Å². The second kappa shape index (κ2) is 5.63. The minimum Gasteiger partial charge on any atom is -0.445 e. The molecule has 6 heteroatoms. The number of hydrogen-bond acceptors (Lipinski definition) is 4. The molecule has 1 aliphatic rings. The van der Waals surface area contributed by atoms with Crippen LogP contribution in [0.1, 0.15) is 21.7 Å². The minimum atomic E-state index is -0.471. The van der Waals surface area contributed by atoms with Crippen molar-refractivity contribution in [1.29, 1.82) is 0 Å². The molecule has 0 N–H and O–H groups in total. The highest BCUT2D eigenvalue weighted by molar-refractivity contribution is 5.92. The van der Waals surface area contributed by atoms with Crippen LogP contribution >= 0.6 is 0 Å². The van der Waals surface area contributed by atoms with Crippen molar-refractivity contribution >= 4 is 12.0 Å². The maximum Gasteiger partial charge on any atom is 0.410 e. The largest absolute Gasteiger partial charge is 0.445 e. The summed E-state index contributed by atoms with van der Waals surface area (Å²) in [6.07, 6.45) is -0.469. The van der Waals surface area contributed by atoms with E-state index in [1.165, 1.54) is 9.58 Å². The van der Waals surface area contributed by atoms with Gasteiger partial charge in [-0.3, -0.25) is 9.69 Å². The average molecular weight is 299 g/mol. The fourth-order valence-corrected chi connectivity index (χ4v) is 2.35. The molecule has 1 aliphatic heterocycles. The average Bonchev–Trinajstić information content (AvgIpc) is 3.24. The molecule has 1 saturated heterocycles. The Bertz CT molecular complexity index is 709. The van der Waals surface area contributed by atoms with E-state index in [4.69, 9.17) is 4.74 Å². The van der Waals surface area contributed by atoms with Gasteiger partial charge in [-0.25, -0.2) is 9.48 Å². The molecule has 114 valence electrons. The van der Waals surface area contributed by atoms with Crippen molar-refractivity contribution in [3.05, 3.63) is 53.3 Å². The molecule has 2 aromatic rings. The highest BCUT2D eigenvalue weighted by atomic mass is 16.6. The zero-order valence-electron chi connectivity index (χ0n) is 12.5. The molecule has 1 fully saturated rings. The highest BCUT2D eigenvalue weighted by Gasteiger charge is 2.46. The zero-order chi connectivity index (χ0) is 15.7. The van der Waals surface area contributed by atoms with E-state index in [1.807, 2.05) is 50.2 Å². The Morgan fingerprint density at radius 2 is 2.00 bits per heavy atom. The highest BCUT2D eigenvalue weighted by Crippen LogP contribution is 2.22. The molecule has 6 nitrogen and oxygen atoms in total. The quantitative estimate of drug-likeness (QED) is 0.815. The third-order valence-corrected chi connectivity index (χ3v) is 3.56. The smallest absolute Gasteiger partial charge is 0.410 e. The van der Waals surface area contributed by atoms with Crippen LogP contribution in [0.25, 0.3) is 0 Å². The van der Waals surface area contributed by atoms with Crippen molar-refractivity contribution in [2.45, 2.75) is 26.5 Å². The number of nitrogens with zero attached hydrogens (tertiary/aromatic N) is 3. The van der Waals surface area contributed by atoms with E-state index in [2.05, 4.69) is 5.10 Å². The Balaban J connectivity index is 1.56. The molecule has 0 unspecified atom stereocenters. The summed E-state index contributed by atoms with van der Waals surface area (Å²) < 4.78 is 6.56. The van der Waals surface area contributed by atoms with Crippen molar-refractivity contribution in [3.63, 3.8) is 0 Å². The van der Waals surface area contributed by atoms with Crippen LogP contribution in [-0.2, 0) is 11.3 Å². The van der Waals surface area contributed by atoms with Crippen molar-refractivity contribution in [1.82, 2.24) is 14.7 Å². The summed E-state index contributed by atoms with van der Waals surface area (Å²) in [5.74, 6) is -0.192. The Labute approximate surface area is 128 Å². The fourth-order valence-electron chi connectivity index (χ4n) is 2.35. The number of benzene rings is 1. The Morgan fingerprint density at radius 3 is 2.64 bits per heavy atom. The standard InChI is InChI=1S/C16H17N3O3/c1-11-8-12(2)19(17-11)15(20)14-9-18(14)16(21)22-10-13-6-4-3-5-7-13/h3-8,14H,9-10H2,1-2H3/t14-,18?/m1/s1. The second-order valence-corrected chi connectivity index (χ2v) is 5.39. The van der Waals surface area contributed by atoms with Crippen LogP contribution in [0, 0.1) is 13.8 Å². The molecule has 0 aliphatic carbocycles. The summed E-state index contributed by atoms with van der Waals surface area (Å²) in [6, 6.07) is 10.8. The number of amides is 1. The van der Waals surface area contributed by atoms with Gasteiger partial charge in [-0.15, -0.1) is 0 Å². The number of carbonyl (C=O) groups is 2. The molecule has 0 radical (unpaired) electrons. The molecule has 0 saturated carbocycles. The number of ether oxygens (including phenoxy) is 1. The van der Waals surface area contributed by atoms with Gasteiger partial charge in [0, 0.05) is 5.69 Å². The van der Waals surface area contributed by atoms with Gasteiger partial charge in [0.15, 0.2) is 0 Å². The first kappa shape index (κ1) is 14.3. The van der Waals surface area contributed by atoms with Crippen LogP contribution in [0.3, 0.4) is 0 Å². The lowest BCUT2D eigenvalue weighted by Crippen LogP contribution is -2.25. The Kier molecular flexibility index (Phi) is 3.66. The van der Waals surface area contributed by atoms with Crippen LogP contribution < -0.4 is 0 Å². The second-order valence-electron chi connectivity index (χ2n) is 5.39. The monoisotopic (exact) mass is 299 g/mol. The van der Waals surface area contributed by atoms with E-state index in [0.717, 1.165) is 17.0 Å². The maximum absolute atomic E-state index is 12.3. The number of aryl methyl sites for hydroxylation is 2. The number of aromatic nitrogens is 2. The summed E-state index contributed by atoms with van der Waals surface area (Å²) >= 11 is 0. The van der Waals surface area contributed by atoms with Crippen molar-refractivity contribution in [2.75, 3.05) is 6.54 Å². The van der Waals surface area contributed by atoms with E-state index < -0.39 is 12.1 Å². The lowest BCUT2D eigenvalue weighted by Gasteiger charge is -2.07. The van der Waals surface area contributed by atoms with Crippen LogP contribution in [0.4, 0.5) is 4.79 Å². The van der Waals surface area contributed by atoms with Gasteiger partial charge >= 0.3 is 6.09 Å². The maximum atomic E-state index is 12.3. The van der Waals surface area contributed by atoms with Gasteiger partial charge in [-0.1, -0.05) is 30.3 Å². The van der Waals surface area contributed by atoms with Gasteiger partial charge in [-0.2, -0.15) is 5.10 Å². The summed E-state index contributed by atoms with van der Waals surface area (Å²) in [5, 5.41) is 4.15. The predicted molar refractivity (Wildman–Crippen MR) is 79.4 cm³/mol. The topological polar surface area (TPSA) is 64.2 Å². The first-order valence-electron chi connectivity index (χ1n) is 7.11. The summed E-state index contributed by atoms with van der Waals surface area (Å²) in [5.41, 5.74) is 2.47. The Hall–Kier alpha value is -2.63. The molecule has 22 heavy (non-hydrogen) atoms. The van der Waals surface area contributed by atoms with Gasteiger partial charge in [0.2, 0.25) is 0 Å². The molecule has 1 aromatic heterocycles. The molecule has 1 amide bonds. The van der Waals surface area contributed by atoms with E-state index in [1.54, 1.807) is 0 Å². The van der Waals surface area contributed by atoms with Crippen LogP contribution in [0.15, 0.2) is 36.4 Å². The zero-order valence-corrected chi connectivity index (χ0v) is 12.5. The molecule has 1 aromatic carbocycles. The summed E-state index contributed by atoms with van der Waals surface area (Å²) in [6.45, 7) is 4.23. The van der Waals surface area contributed by atoms with Gasteiger partial charge in [0.25, 0.3) is 5.91 Å². The molecule has 1 atom stereocenters. The normalized spacial score (nSPS) is 16.5. The molecular weight excluding hydrogens is 282 g/mol. The summed E-state index contributed by atoms with van der Waals surface area (Å²) in [4.78, 5) is 25.6. The number of hydrogen-bond donors (Lipinski definition) is 0. The number of carbonyl (C=O) groups excluding carboxylic acids is 2. The van der Waals surface area contributed by atoms with Crippen molar-refractivity contribution in [2.24, 2.45) is 0 Å². The van der Waals surface area contributed by atoms with Gasteiger partial charge in [0.05, 0.1) is 12.2 Å². The Morgan fingerprint density at radius 1 is 1.27 bits per heavy atom. The van der Waals surface area contributed by atoms with Crippen LogP contribution in [0.5, 0.6) is 0 Å². The van der Waals surface area contributed by atoms with E-state index >= 15 is 0 Å². The van der Waals surface area contributed by atoms with Crippen molar-refractivity contribution in [3.8, 4) is 0 Å². The molecule has 0 bridgehead atoms. The SMILES string of the molecule is Cc1cc(C)n(C(=O)[C@H]2CN2C(=O)OCc2ccccc2)n1. The van der Waals surface area contributed by atoms with Crippen LogP contribution in [0.2, 0.25) is 0 Å². The van der Waals surface area contributed by atoms with E-state index in [-0.39, 0.29) is 12.5 Å². The van der Waals surface area contributed by atoms with Crippen molar-refractivity contribution < 1.29 is 14.3 Å². The molecule has 2 heterocycles. The minimum absolute atomic E-state index is 0.192.